The number of nitrogens with one attached hydrogen (secondary N) is 1. The van der Waals surface area contributed by atoms with Crippen molar-refractivity contribution >= 4 is 15.7 Å². The molecular formula is C10H16N2O3S. The highest BCUT2D eigenvalue weighted by atomic mass is 32.2. The molecule has 0 amide bonds. The van der Waals surface area contributed by atoms with E-state index >= 15 is 0 Å². The zero-order valence-corrected chi connectivity index (χ0v) is 9.87. The van der Waals surface area contributed by atoms with Gasteiger partial charge >= 0.3 is 0 Å². The zero-order valence-electron chi connectivity index (χ0n) is 9.05. The van der Waals surface area contributed by atoms with Gasteiger partial charge in [-0.3, -0.25) is 0 Å². The van der Waals surface area contributed by atoms with Crippen molar-refractivity contribution in [1.29, 1.82) is 0 Å². The van der Waals surface area contributed by atoms with Crippen LogP contribution in [0.15, 0.2) is 24.3 Å². The first-order valence-corrected chi connectivity index (χ1v) is 6.54. The standard InChI is InChI=1S/C10H16N2O3S/c1-8(6-13)12-16(14,15)7-9-4-2-3-5-10(9)11/h2-5,8,12-13H,6-7,11H2,1H3/t8-/m0/s1. The lowest BCUT2D eigenvalue weighted by molar-refractivity contribution is 0.265. The summed E-state index contributed by atoms with van der Waals surface area (Å²) in [6, 6.07) is 6.31. The molecule has 0 bridgehead atoms. The highest BCUT2D eigenvalue weighted by Gasteiger charge is 2.15. The van der Waals surface area contributed by atoms with E-state index in [9.17, 15) is 8.42 Å². The van der Waals surface area contributed by atoms with Gasteiger partial charge in [-0.05, 0) is 18.6 Å². The quantitative estimate of drug-likeness (QED) is 0.639. The Morgan fingerprint density at radius 2 is 2.06 bits per heavy atom. The van der Waals surface area contributed by atoms with Gasteiger partial charge in [0, 0.05) is 11.7 Å². The Bertz CT molecular complexity index is 445. The maximum atomic E-state index is 11.6. The van der Waals surface area contributed by atoms with Crippen molar-refractivity contribution < 1.29 is 13.5 Å². The Morgan fingerprint density at radius 1 is 1.44 bits per heavy atom. The Kier molecular flexibility index (Phi) is 4.28. The Morgan fingerprint density at radius 3 is 2.62 bits per heavy atom. The van der Waals surface area contributed by atoms with Gasteiger partial charge in [-0.2, -0.15) is 0 Å². The van der Waals surface area contributed by atoms with E-state index in [0.29, 0.717) is 11.3 Å². The largest absolute Gasteiger partial charge is 0.398 e. The molecule has 1 aromatic rings. The van der Waals surface area contributed by atoms with E-state index in [0.717, 1.165) is 0 Å². The minimum absolute atomic E-state index is 0.177. The highest BCUT2D eigenvalue weighted by molar-refractivity contribution is 7.88. The third-order valence-electron chi connectivity index (χ3n) is 2.06. The molecule has 6 heteroatoms. The van der Waals surface area contributed by atoms with Crippen LogP contribution < -0.4 is 10.5 Å². The van der Waals surface area contributed by atoms with Crippen molar-refractivity contribution in [2.45, 2.75) is 18.7 Å². The molecule has 0 aliphatic rings. The molecule has 16 heavy (non-hydrogen) atoms. The van der Waals surface area contributed by atoms with Crippen molar-refractivity contribution in [3.05, 3.63) is 29.8 Å². The number of aliphatic hydroxyl groups excluding tert-OH is 1. The number of hydrogen-bond donors (Lipinski definition) is 3. The summed E-state index contributed by atoms with van der Waals surface area (Å²) in [6.45, 7) is 1.36. The highest BCUT2D eigenvalue weighted by Crippen LogP contribution is 2.13. The lowest BCUT2D eigenvalue weighted by Gasteiger charge is -2.12. The van der Waals surface area contributed by atoms with Crippen LogP contribution in [0.25, 0.3) is 0 Å². The molecule has 1 aromatic carbocycles. The molecule has 0 saturated carbocycles. The molecule has 5 nitrogen and oxygen atoms in total. The molecule has 1 rings (SSSR count). The van der Waals surface area contributed by atoms with E-state index in [-0.39, 0.29) is 12.4 Å². The minimum Gasteiger partial charge on any atom is -0.398 e. The number of anilines is 1. The van der Waals surface area contributed by atoms with Crippen LogP contribution in [0.3, 0.4) is 0 Å². The normalized spacial score (nSPS) is 13.6. The van der Waals surface area contributed by atoms with Crippen LogP contribution in [0.1, 0.15) is 12.5 Å². The second kappa shape index (κ2) is 5.29. The molecule has 4 N–H and O–H groups in total. The van der Waals surface area contributed by atoms with Crippen LogP contribution in [0, 0.1) is 0 Å². The van der Waals surface area contributed by atoms with E-state index in [1.54, 1.807) is 31.2 Å². The number of hydrogen-bond acceptors (Lipinski definition) is 4. The van der Waals surface area contributed by atoms with Crippen LogP contribution in [-0.2, 0) is 15.8 Å². The molecule has 90 valence electrons. The second-order valence-electron chi connectivity index (χ2n) is 3.66. The second-order valence-corrected chi connectivity index (χ2v) is 5.41. The predicted octanol–water partition coefficient (Wildman–Crippen LogP) is 0.0690. The molecule has 0 aromatic heterocycles. The van der Waals surface area contributed by atoms with Gasteiger partial charge in [0.15, 0.2) is 0 Å². The topological polar surface area (TPSA) is 92.4 Å². The fraction of sp³-hybridized carbons (Fsp3) is 0.400. The van der Waals surface area contributed by atoms with Crippen LogP contribution in [-0.4, -0.2) is 26.2 Å². The van der Waals surface area contributed by atoms with E-state index in [1.165, 1.54) is 0 Å². The first kappa shape index (κ1) is 13.0. The van der Waals surface area contributed by atoms with Crippen molar-refractivity contribution in [1.82, 2.24) is 4.72 Å². The predicted molar refractivity (Wildman–Crippen MR) is 63.2 cm³/mol. The van der Waals surface area contributed by atoms with Gasteiger partial charge < -0.3 is 10.8 Å². The van der Waals surface area contributed by atoms with Gasteiger partial charge in [-0.15, -0.1) is 0 Å². The third kappa shape index (κ3) is 3.80. The zero-order chi connectivity index (χ0) is 12.2. The Balaban J connectivity index is 2.77. The molecule has 0 saturated heterocycles. The van der Waals surface area contributed by atoms with Crippen LogP contribution in [0.2, 0.25) is 0 Å². The average Bonchev–Trinajstić information content (AvgIpc) is 2.20. The van der Waals surface area contributed by atoms with E-state index in [4.69, 9.17) is 10.8 Å². The molecule has 0 radical (unpaired) electrons. The van der Waals surface area contributed by atoms with E-state index in [1.807, 2.05) is 0 Å². The lowest BCUT2D eigenvalue weighted by atomic mass is 10.2. The van der Waals surface area contributed by atoms with Gasteiger partial charge in [0.25, 0.3) is 0 Å². The van der Waals surface area contributed by atoms with Gasteiger partial charge in [-0.25, -0.2) is 13.1 Å². The number of nitrogens with two attached hydrogens (primary N) is 1. The van der Waals surface area contributed by atoms with E-state index in [2.05, 4.69) is 4.72 Å². The smallest absolute Gasteiger partial charge is 0.216 e. The van der Waals surface area contributed by atoms with Crippen LogP contribution in [0.4, 0.5) is 5.69 Å². The Hall–Kier alpha value is -1.11. The number of nitrogen functional groups attached to an aromatic ring is 1. The Labute approximate surface area is 95.3 Å². The summed E-state index contributed by atoms with van der Waals surface area (Å²) < 4.78 is 25.6. The number of aliphatic hydroxyl groups is 1. The van der Waals surface area contributed by atoms with E-state index < -0.39 is 16.1 Å². The van der Waals surface area contributed by atoms with Gasteiger partial charge in [-0.1, -0.05) is 18.2 Å². The minimum atomic E-state index is -3.46. The van der Waals surface area contributed by atoms with Crippen molar-refractivity contribution in [2.75, 3.05) is 12.3 Å². The number of benzene rings is 1. The summed E-state index contributed by atoms with van der Waals surface area (Å²) in [5, 5.41) is 8.77. The van der Waals surface area contributed by atoms with Crippen molar-refractivity contribution in [3.63, 3.8) is 0 Å². The average molecular weight is 244 g/mol. The SMILES string of the molecule is C[C@@H](CO)NS(=O)(=O)Cc1ccccc1N. The van der Waals surface area contributed by atoms with Gasteiger partial charge in [0.2, 0.25) is 10.0 Å². The molecule has 0 aliphatic carbocycles. The lowest BCUT2D eigenvalue weighted by Crippen LogP contribution is -2.35. The molecule has 0 heterocycles. The fourth-order valence-corrected chi connectivity index (χ4v) is 2.70. The van der Waals surface area contributed by atoms with Gasteiger partial charge in [0.1, 0.15) is 0 Å². The maximum Gasteiger partial charge on any atom is 0.216 e. The van der Waals surface area contributed by atoms with Crippen LogP contribution >= 0.6 is 0 Å². The summed E-state index contributed by atoms with van der Waals surface area (Å²) in [7, 11) is -3.46. The summed E-state index contributed by atoms with van der Waals surface area (Å²) in [5.41, 5.74) is 6.65. The third-order valence-corrected chi connectivity index (χ3v) is 3.51. The van der Waals surface area contributed by atoms with Crippen molar-refractivity contribution in [3.8, 4) is 0 Å². The summed E-state index contributed by atoms with van der Waals surface area (Å²) in [5.74, 6) is -0.177. The fourth-order valence-electron chi connectivity index (χ4n) is 1.26. The maximum absolute atomic E-state index is 11.6. The monoisotopic (exact) mass is 244 g/mol. The molecule has 0 fully saturated rings. The summed E-state index contributed by atoms with van der Waals surface area (Å²) >= 11 is 0. The number of para-hydroxylation sites is 1. The molecule has 0 unspecified atom stereocenters. The molecule has 0 spiro atoms. The first-order chi connectivity index (χ1) is 7.44. The summed E-state index contributed by atoms with van der Waals surface area (Å²) in [6.07, 6.45) is 0. The van der Waals surface area contributed by atoms with Crippen molar-refractivity contribution in [2.24, 2.45) is 0 Å². The number of rotatable bonds is 5. The number of sulfonamides is 1. The summed E-state index contributed by atoms with van der Waals surface area (Å²) in [4.78, 5) is 0. The molecule has 0 aliphatic heterocycles. The first-order valence-electron chi connectivity index (χ1n) is 4.89. The molecular weight excluding hydrogens is 228 g/mol. The molecule has 1 atom stereocenters. The van der Waals surface area contributed by atoms with Gasteiger partial charge in [0.05, 0.1) is 12.4 Å². The van der Waals surface area contributed by atoms with Crippen LogP contribution in [0.5, 0.6) is 0 Å².